The number of ether oxygens (including phenoxy) is 1. The van der Waals surface area contributed by atoms with Gasteiger partial charge >= 0.3 is 5.97 Å². The van der Waals surface area contributed by atoms with Gasteiger partial charge in [-0.15, -0.1) is 0 Å². The summed E-state index contributed by atoms with van der Waals surface area (Å²) in [4.78, 5) is 46.3. The van der Waals surface area contributed by atoms with Gasteiger partial charge in [-0.1, -0.05) is 38.0 Å². The number of nitrogens with zero attached hydrogens (tertiary/aromatic N) is 4. The van der Waals surface area contributed by atoms with E-state index in [4.69, 9.17) is 16.3 Å². The lowest BCUT2D eigenvalue weighted by atomic mass is 9.75. The van der Waals surface area contributed by atoms with E-state index in [1.807, 2.05) is 26.0 Å². The molecule has 3 aromatic rings. The lowest BCUT2D eigenvalue weighted by Gasteiger charge is -2.37. The summed E-state index contributed by atoms with van der Waals surface area (Å²) in [5, 5.41) is 3.25. The molecule has 38 heavy (non-hydrogen) atoms. The molecule has 1 saturated carbocycles. The molecule has 0 spiro atoms. The highest BCUT2D eigenvalue weighted by Gasteiger charge is 2.36. The number of nitrogens with one attached hydrogen (secondary N) is 1. The fraction of sp³-hybridized carbons (Fsp3) is 0.483. The first-order chi connectivity index (χ1) is 18.2. The van der Waals surface area contributed by atoms with Crippen molar-refractivity contribution < 1.29 is 19.1 Å². The third-order valence-corrected chi connectivity index (χ3v) is 7.41. The number of rotatable bonds is 9. The number of hydrogen-bond acceptors (Lipinski definition) is 6. The Hall–Kier alpha value is -3.77. The van der Waals surface area contributed by atoms with Crippen LogP contribution in [0.25, 0.3) is 21.9 Å². The van der Waals surface area contributed by atoms with Crippen LogP contribution in [0.5, 0.6) is 0 Å². The second-order valence-electron chi connectivity index (χ2n) is 10.8. The Morgan fingerprint density at radius 1 is 1.13 bits per heavy atom. The van der Waals surface area contributed by atoms with Gasteiger partial charge in [-0.2, -0.15) is 0 Å². The zero-order valence-electron chi connectivity index (χ0n) is 22.7. The first kappa shape index (κ1) is 27.3. The molecule has 2 unspecified atom stereocenters. The molecule has 200 valence electrons. The average Bonchev–Trinajstić information content (AvgIpc) is 3.38. The predicted octanol–water partition coefficient (Wildman–Crippen LogP) is 4.92. The molecule has 1 aliphatic rings. The van der Waals surface area contributed by atoms with Crippen molar-refractivity contribution in [1.29, 1.82) is 0 Å². The van der Waals surface area contributed by atoms with Gasteiger partial charge in [0.05, 0.1) is 25.4 Å². The van der Waals surface area contributed by atoms with Crippen molar-refractivity contribution in [1.82, 2.24) is 19.5 Å². The van der Waals surface area contributed by atoms with E-state index in [0.29, 0.717) is 35.7 Å². The van der Waals surface area contributed by atoms with Gasteiger partial charge in [0.25, 0.3) is 0 Å². The Kier molecular flexibility index (Phi) is 8.12. The molecule has 0 aliphatic heterocycles. The number of fused-ring (bicyclic) bond motifs is 1. The van der Waals surface area contributed by atoms with Gasteiger partial charge in [-0.3, -0.25) is 14.5 Å². The van der Waals surface area contributed by atoms with Crippen LogP contribution in [0.2, 0.25) is 0 Å². The number of benzene rings is 1. The monoisotopic (exact) mass is 517 g/mol. The van der Waals surface area contributed by atoms with Gasteiger partial charge in [0.1, 0.15) is 24.2 Å². The van der Waals surface area contributed by atoms with Crippen LogP contribution in [0.1, 0.15) is 60.8 Å². The summed E-state index contributed by atoms with van der Waals surface area (Å²) in [5.74, 6) is 0.938. The highest BCUT2D eigenvalue weighted by molar-refractivity contribution is 6.04. The maximum atomic E-state index is 13.7. The second-order valence-corrected chi connectivity index (χ2v) is 10.8. The van der Waals surface area contributed by atoms with Crippen molar-refractivity contribution in [3.05, 3.63) is 52.0 Å². The third-order valence-electron chi connectivity index (χ3n) is 7.41. The molecule has 1 N–H and O–H groups in total. The summed E-state index contributed by atoms with van der Waals surface area (Å²) in [5.41, 5.74) is 3.96. The number of hydrogen-bond donors (Lipinski definition) is 1. The largest absolute Gasteiger partial charge is 0.459 e. The number of aromatic amines is 1. The number of aryl methyl sites for hydroxylation is 2. The maximum absolute atomic E-state index is 13.7. The van der Waals surface area contributed by atoms with Crippen LogP contribution in [-0.4, -0.2) is 57.2 Å². The summed E-state index contributed by atoms with van der Waals surface area (Å²) in [6.07, 6.45) is 3.11. The van der Waals surface area contributed by atoms with Crippen LogP contribution < -0.4 is 0 Å². The quantitative estimate of drug-likeness (QED) is 0.246. The summed E-state index contributed by atoms with van der Waals surface area (Å²) in [6.45, 7) is 18.5. The fourth-order valence-corrected chi connectivity index (χ4v) is 5.99. The van der Waals surface area contributed by atoms with E-state index in [9.17, 15) is 14.4 Å². The molecule has 2 aromatic heterocycles. The Labute approximate surface area is 223 Å². The minimum absolute atomic E-state index is 0.0105. The molecule has 0 radical (unpaired) electrons. The van der Waals surface area contributed by atoms with Crippen molar-refractivity contribution in [3.8, 4) is 11.4 Å². The Balaban J connectivity index is 1.84. The topological polar surface area (TPSA) is 101 Å². The van der Waals surface area contributed by atoms with Gasteiger partial charge in [-0.25, -0.2) is 14.6 Å². The molecular weight excluding hydrogens is 482 g/mol. The zero-order valence-corrected chi connectivity index (χ0v) is 22.7. The smallest absolute Gasteiger partial charge is 0.331 e. The van der Waals surface area contributed by atoms with Crippen molar-refractivity contribution in [2.75, 3.05) is 13.1 Å². The fourth-order valence-electron chi connectivity index (χ4n) is 5.99. The van der Waals surface area contributed by atoms with E-state index in [-0.39, 0.29) is 48.8 Å². The Morgan fingerprint density at radius 2 is 1.74 bits per heavy atom. The van der Waals surface area contributed by atoms with E-state index in [0.717, 1.165) is 29.5 Å². The number of H-pyrrole nitrogens is 1. The maximum Gasteiger partial charge on any atom is 0.331 e. The summed E-state index contributed by atoms with van der Waals surface area (Å²) in [6, 6.07) is 6.06. The number of carbonyl (C=O) groups excluding carboxylic acids is 3. The lowest BCUT2D eigenvalue weighted by molar-refractivity contribution is -0.111. The lowest BCUT2D eigenvalue weighted by Crippen LogP contribution is -2.37. The first-order valence-corrected chi connectivity index (χ1v) is 13.1. The van der Waals surface area contributed by atoms with Crippen LogP contribution in [0, 0.1) is 38.2 Å². The molecule has 2 atom stereocenters. The molecule has 0 amide bonds. The van der Waals surface area contributed by atoms with E-state index in [1.54, 1.807) is 9.42 Å². The van der Waals surface area contributed by atoms with Crippen molar-refractivity contribution >= 4 is 29.9 Å². The molecule has 4 rings (SSSR count). The summed E-state index contributed by atoms with van der Waals surface area (Å²) in [7, 11) is 0. The van der Waals surface area contributed by atoms with Crippen LogP contribution in [0.4, 0.5) is 5.69 Å². The third kappa shape index (κ3) is 5.41. The number of esters is 1. The number of carbonyl (C=O) groups is 3. The molecular formula is C29H35N5O4. The molecule has 0 saturated heterocycles. The van der Waals surface area contributed by atoms with Gasteiger partial charge in [-0.05, 0) is 56.6 Å². The van der Waals surface area contributed by atoms with Crippen LogP contribution >= 0.6 is 0 Å². The molecule has 9 nitrogen and oxygen atoms in total. The standard InChI is InChI=1S/C29H35N5O4/c1-17-11-18(2)15-22(14-17)27-31-28-24(29(37)38-26-20(4)12-19(3)13-21(26)5)25(30-6)23(34(28)32-27)16-33(7-9-35)8-10-36/h9-11,14-15,19-21,26H,7-8,12-13,16H2,1-5H3,(H,31,32). The summed E-state index contributed by atoms with van der Waals surface area (Å²) >= 11 is 0. The van der Waals surface area contributed by atoms with Crippen molar-refractivity contribution in [2.45, 2.75) is 60.1 Å². The zero-order chi connectivity index (χ0) is 27.6. The highest BCUT2D eigenvalue weighted by Crippen LogP contribution is 2.38. The van der Waals surface area contributed by atoms with Crippen LogP contribution in [0.3, 0.4) is 0 Å². The molecule has 1 aromatic carbocycles. The number of aromatic nitrogens is 3. The predicted molar refractivity (Wildman–Crippen MR) is 144 cm³/mol. The average molecular weight is 518 g/mol. The molecule has 1 aliphatic carbocycles. The SMILES string of the molecule is [C-]#[N+]c1c(C(=O)OC2C(C)CC(C)CC2C)c2nc(-c3cc(C)cc(C)c3)[nH]n2c1CN(CC=O)CC=O. The first-order valence-electron chi connectivity index (χ1n) is 13.1. The highest BCUT2D eigenvalue weighted by atomic mass is 16.5. The normalized spacial score (nSPS) is 21.4. The van der Waals surface area contributed by atoms with Crippen molar-refractivity contribution in [2.24, 2.45) is 17.8 Å². The Bertz CT molecular complexity index is 1360. The van der Waals surface area contributed by atoms with Gasteiger partial charge in [0.15, 0.2) is 11.5 Å². The van der Waals surface area contributed by atoms with E-state index < -0.39 is 5.97 Å². The number of aldehydes is 2. The van der Waals surface area contributed by atoms with Crippen LogP contribution in [-0.2, 0) is 20.9 Å². The molecule has 9 heteroatoms. The summed E-state index contributed by atoms with van der Waals surface area (Å²) < 4.78 is 7.71. The van der Waals surface area contributed by atoms with E-state index >= 15 is 0 Å². The molecule has 1 fully saturated rings. The minimum atomic E-state index is -0.575. The van der Waals surface area contributed by atoms with E-state index in [2.05, 4.69) is 36.8 Å². The second kappa shape index (κ2) is 11.3. The van der Waals surface area contributed by atoms with Crippen molar-refractivity contribution in [3.63, 3.8) is 0 Å². The van der Waals surface area contributed by atoms with Gasteiger partial charge < -0.3 is 14.3 Å². The molecule has 0 bridgehead atoms. The Morgan fingerprint density at radius 3 is 2.29 bits per heavy atom. The van der Waals surface area contributed by atoms with Crippen LogP contribution in [0.15, 0.2) is 18.2 Å². The van der Waals surface area contributed by atoms with E-state index in [1.165, 1.54) is 0 Å². The molecule has 2 heterocycles. The minimum Gasteiger partial charge on any atom is -0.459 e. The van der Waals surface area contributed by atoms with Gasteiger partial charge in [0, 0.05) is 12.1 Å². The van der Waals surface area contributed by atoms with Gasteiger partial charge in [0.2, 0.25) is 5.69 Å².